The van der Waals surface area contributed by atoms with Crippen LogP contribution >= 0.6 is 0 Å². The SMILES string of the molecule is Cc1ccn(-c2cc(F)c(C(=O)O)cc2[N+](=O)[O-])n1. The lowest BCUT2D eigenvalue weighted by atomic mass is 10.1. The van der Waals surface area contributed by atoms with Crippen molar-refractivity contribution in [3.05, 3.63) is 51.6 Å². The average molecular weight is 265 g/mol. The lowest BCUT2D eigenvalue weighted by Crippen LogP contribution is -2.07. The topological polar surface area (TPSA) is 98.3 Å². The van der Waals surface area contributed by atoms with Crippen molar-refractivity contribution in [1.82, 2.24) is 9.78 Å². The second-order valence-electron chi connectivity index (χ2n) is 3.78. The summed E-state index contributed by atoms with van der Waals surface area (Å²) < 4.78 is 14.7. The number of aromatic nitrogens is 2. The van der Waals surface area contributed by atoms with Crippen LogP contribution in [0.1, 0.15) is 16.1 Å². The highest BCUT2D eigenvalue weighted by Gasteiger charge is 2.23. The maximum atomic E-state index is 13.6. The summed E-state index contributed by atoms with van der Waals surface area (Å²) in [6.45, 7) is 1.67. The van der Waals surface area contributed by atoms with E-state index in [2.05, 4.69) is 5.10 Å². The molecular formula is C11H8FN3O4. The molecule has 0 aliphatic carbocycles. The first-order valence-corrected chi connectivity index (χ1v) is 5.14. The van der Waals surface area contributed by atoms with Crippen LogP contribution in [0.2, 0.25) is 0 Å². The summed E-state index contributed by atoms with van der Waals surface area (Å²) in [5.74, 6) is -2.62. The largest absolute Gasteiger partial charge is 0.478 e. The highest BCUT2D eigenvalue weighted by Crippen LogP contribution is 2.26. The van der Waals surface area contributed by atoms with Gasteiger partial charge >= 0.3 is 5.97 Å². The Morgan fingerprint density at radius 1 is 1.53 bits per heavy atom. The quantitative estimate of drug-likeness (QED) is 0.675. The van der Waals surface area contributed by atoms with E-state index in [9.17, 15) is 19.3 Å². The molecule has 0 atom stereocenters. The molecule has 0 unspecified atom stereocenters. The smallest absolute Gasteiger partial charge is 0.338 e. The van der Waals surface area contributed by atoms with E-state index in [4.69, 9.17) is 5.11 Å². The number of nitro groups is 1. The van der Waals surface area contributed by atoms with Crippen molar-refractivity contribution in [2.24, 2.45) is 0 Å². The van der Waals surface area contributed by atoms with Gasteiger partial charge in [0.2, 0.25) is 0 Å². The van der Waals surface area contributed by atoms with Gasteiger partial charge in [-0.1, -0.05) is 0 Å². The molecule has 2 rings (SSSR count). The van der Waals surface area contributed by atoms with Crippen LogP contribution in [0.5, 0.6) is 0 Å². The standard InChI is InChI=1S/C11H8FN3O4/c1-6-2-3-14(13-6)9-5-8(12)7(11(16)17)4-10(9)15(18)19/h2-5H,1H3,(H,16,17). The molecule has 7 nitrogen and oxygen atoms in total. The van der Waals surface area contributed by atoms with E-state index in [1.807, 2.05) is 0 Å². The molecule has 98 valence electrons. The molecule has 0 bridgehead atoms. The summed E-state index contributed by atoms with van der Waals surface area (Å²) in [6.07, 6.45) is 1.43. The molecule has 0 saturated carbocycles. The zero-order valence-corrected chi connectivity index (χ0v) is 9.70. The normalized spacial score (nSPS) is 10.4. The van der Waals surface area contributed by atoms with Crippen molar-refractivity contribution < 1.29 is 19.2 Å². The van der Waals surface area contributed by atoms with Crippen molar-refractivity contribution in [2.75, 3.05) is 0 Å². The number of nitro benzene ring substituents is 1. The first kappa shape index (κ1) is 12.7. The molecule has 2 aromatic rings. The van der Waals surface area contributed by atoms with E-state index in [1.54, 1.807) is 13.0 Å². The molecular weight excluding hydrogens is 257 g/mol. The Balaban J connectivity index is 2.70. The Labute approximate surface area is 106 Å². The van der Waals surface area contributed by atoms with Gasteiger partial charge in [0.25, 0.3) is 5.69 Å². The molecule has 0 spiro atoms. The third kappa shape index (κ3) is 2.28. The van der Waals surface area contributed by atoms with Crippen LogP contribution < -0.4 is 0 Å². The third-order valence-corrected chi connectivity index (χ3v) is 2.46. The fourth-order valence-corrected chi connectivity index (χ4v) is 1.59. The number of aryl methyl sites for hydroxylation is 1. The molecule has 8 heteroatoms. The number of nitrogens with zero attached hydrogens (tertiary/aromatic N) is 3. The monoisotopic (exact) mass is 265 g/mol. The van der Waals surface area contributed by atoms with Gasteiger partial charge in [0.05, 0.1) is 10.6 Å². The molecule has 0 aliphatic heterocycles. The Bertz CT molecular complexity index is 681. The number of hydrogen-bond acceptors (Lipinski definition) is 4. The summed E-state index contributed by atoms with van der Waals surface area (Å²) in [5.41, 5.74) is -0.807. The van der Waals surface area contributed by atoms with Gasteiger partial charge in [0, 0.05) is 18.3 Å². The fourth-order valence-electron chi connectivity index (χ4n) is 1.59. The number of carbonyl (C=O) groups is 1. The van der Waals surface area contributed by atoms with Crippen LogP contribution in [0, 0.1) is 22.9 Å². The predicted molar refractivity (Wildman–Crippen MR) is 61.9 cm³/mol. The molecule has 1 aromatic heterocycles. The van der Waals surface area contributed by atoms with Crippen molar-refractivity contribution in [1.29, 1.82) is 0 Å². The third-order valence-electron chi connectivity index (χ3n) is 2.46. The van der Waals surface area contributed by atoms with E-state index >= 15 is 0 Å². The van der Waals surface area contributed by atoms with Gasteiger partial charge in [-0.2, -0.15) is 5.10 Å². The summed E-state index contributed by atoms with van der Waals surface area (Å²) in [4.78, 5) is 20.9. The van der Waals surface area contributed by atoms with E-state index < -0.39 is 28.0 Å². The van der Waals surface area contributed by atoms with Crippen LogP contribution in [0.15, 0.2) is 24.4 Å². The number of halogens is 1. The Morgan fingerprint density at radius 3 is 2.68 bits per heavy atom. The van der Waals surface area contributed by atoms with Crippen LogP contribution in [0.3, 0.4) is 0 Å². The molecule has 0 fully saturated rings. The fraction of sp³-hybridized carbons (Fsp3) is 0.0909. The zero-order chi connectivity index (χ0) is 14.2. The lowest BCUT2D eigenvalue weighted by Gasteiger charge is -2.05. The molecule has 1 aromatic carbocycles. The van der Waals surface area contributed by atoms with Crippen molar-refractivity contribution >= 4 is 11.7 Å². The minimum absolute atomic E-state index is 0.124. The maximum absolute atomic E-state index is 13.6. The van der Waals surface area contributed by atoms with Crippen LogP contribution in [-0.4, -0.2) is 25.8 Å². The second kappa shape index (κ2) is 4.48. The van der Waals surface area contributed by atoms with Gasteiger partial charge in [-0.15, -0.1) is 0 Å². The van der Waals surface area contributed by atoms with Crippen molar-refractivity contribution in [3.63, 3.8) is 0 Å². The summed E-state index contributed by atoms with van der Waals surface area (Å²) >= 11 is 0. The van der Waals surface area contributed by atoms with E-state index in [0.717, 1.165) is 10.7 Å². The van der Waals surface area contributed by atoms with Crippen molar-refractivity contribution in [3.8, 4) is 5.69 Å². The molecule has 0 amide bonds. The summed E-state index contributed by atoms with van der Waals surface area (Å²) in [6, 6.07) is 3.06. The predicted octanol–water partition coefficient (Wildman–Crippen LogP) is 1.93. The Hall–Kier alpha value is -2.77. The van der Waals surface area contributed by atoms with E-state index in [0.29, 0.717) is 11.8 Å². The summed E-state index contributed by atoms with van der Waals surface area (Å²) in [7, 11) is 0. The lowest BCUT2D eigenvalue weighted by molar-refractivity contribution is -0.384. The van der Waals surface area contributed by atoms with E-state index in [-0.39, 0.29) is 5.69 Å². The van der Waals surface area contributed by atoms with E-state index in [1.165, 1.54) is 6.20 Å². The van der Waals surface area contributed by atoms with Crippen molar-refractivity contribution in [2.45, 2.75) is 6.92 Å². The van der Waals surface area contributed by atoms with Gasteiger partial charge in [-0.3, -0.25) is 10.1 Å². The number of benzene rings is 1. The number of carboxylic acids is 1. The number of aromatic carboxylic acids is 1. The first-order valence-electron chi connectivity index (χ1n) is 5.14. The van der Waals surface area contributed by atoms with Gasteiger partial charge < -0.3 is 5.11 Å². The number of carboxylic acid groups (broad SMARTS) is 1. The summed E-state index contributed by atoms with van der Waals surface area (Å²) in [5, 5.41) is 23.6. The molecule has 0 radical (unpaired) electrons. The van der Waals surface area contributed by atoms with Gasteiger partial charge in [-0.25, -0.2) is 13.9 Å². The highest BCUT2D eigenvalue weighted by atomic mass is 19.1. The number of hydrogen-bond donors (Lipinski definition) is 1. The first-order chi connectivity index (χ1) is 8.90. The molecule has 0 saturated heterocycles. The maximum Gasteiger partial charge on any atom is 0.338 e. The average Bonchev–Trinajstić information content (AvgIpc) is 2.74. The second-order valence-corrected chi connectivity index (χ2v) is 3.78. The zero-order valence-electron chi connectivity index (χ0n) is 9.70. The Kier molecular flexibility index (Phi) is 2.99. The highest BCUT2D eigenvalue weighted by molar-refractivity contribution is 5.89. The van der Waals surface area contributed by atoms with Gasteiger partial charge in [0.1, 0.15) is 17.1 Å². The van der Waals surface area contributed by atoms with Crippen LogP contribution in [0.4, 0.5) is 10.1 Å². The van der Waals surface area contributed by atoms with Gasteiger partial charge in [0.15, 0.2) is 0 Å². The van der Waals surface area contributed by atoms with Gasteiger partial charge in [-0.05, 0) is 13.0 Å². The molecule has 1 N–H and O–H groups in total. The number of rotatable bonds is 3. The Morgan fingerprint density at radius 2 is 2.21 bits per heavy atom. The minimum Gasteiger partial charge on any atom is -0.478 e. The van der Waals surface area contributed by atoms with Crippen LogP contribution in [0.25, 0.3) is 5.69 Å². The molecule has 0 aliphatic rings. The molecule has 19 heavy (non-hydrogen) atoms. The minimum atomic E-state index is -1.57. The van der Waals surface area contributed by atoms with Crippen LogP contribution in [-0.2, 0) is 0 Å². The molecule has 1 heterocycles.